The van der Waals surface area contributed by atoms with Gasteiger partial charge in [0.1, 0.15) is 5.82 Å². The Morgan fingerprint density at radius 1 is 1.20 bits per heavy atom. The van der Waals surface area contributed by atoms with Crippen LogP contribution in [0.2, 0.25) is 0 Å². The zero-order valence-electron chi connectivity index (χ0n) is 14.5. The van der Waals surface area contributed by atoms with Crippen molar-refractivity contribution in [2.75, 3.05) is 11.9 Å². The number of hydrogen-bond donors (Lipinski definition) is 2. The summed E-state index contributed by atoms with van der Waals surface area (Å²) in [6.07, 6.45) is 6.64. The van der Waals surface area contributed by atoms with Crippen molar-refractivity contribution < 1.29 is 9.90 Å². The molecule has 0 bridgehead atoms. The van der Waals surface area contributed by atoms with E-state index >= 15 is 0 Å². The first-order valence-corrected chi connectivity index (χ1v) is 8.73. The Balaban J connectivity index is 1.52. The van der Waals surface area contributed by atoms with Gasteiger partial charge >= 0.3 is 5.97 Å². The first-order chi connectivity index (χ1) is 12.1. The lowest BCUT2D eigenvalue weighted by molar-refractivity contribution is 0.0690. The van der Waals surface area contributed by atoms with E-state index in [1.54, 1.807) is 0 Å². The Labute approximate surface area is 147 Å². The molecule has 1 aromatic carbocycles. The van der Waals surface area contributed by atoms with Gasteiger partial charge in [-0.15, -0.1) is 0 Å². The van der Waals surface area contributed by atoms with E-state index in [1.165, 1.54) is 43.8 Å². The third-order valence-corrected chi connectivity index (χ3v) is 4.69. The van der Waals surface area contributed by atoms with Crippen molar-refractivity contribution in [3.05, 3.63) is 53.5 Å². The molecule has 6 heteroatoms. The lowest BCUT2D eigenvalue weighted by atomic mass is 10.0. The summed E-state index contributed by atoms with van der Waals surface area (Å²) in [6, 6.07) is 9.27. The fourth-order valence-corrected chi connectivity index (χ4v) is 3.11. The van der Waals surface area contributed by atoms with Gasteiger partial charge in [0.05, 0.1) is 12.4 Å². The molecule has 0 spiro atoms. The number of anilines is 1. The summed E-state index contributed by atoms with van der Waals surface area (Å²) < 4.78 is 0. The molecule has 0 aliphatic carbocycles. The zero-order chi connectivity index (χ0) is 17.6. The zero-order valence-corrected chi connectivity index (χ0v) is 14.5. The predicted octanol–water partition coefficient (Wildman–Crippen LogP) is 3.16. The van der Waals surface area contributed by atoms with Crippen molar-refractivity contribution in [3.63, 3.8) is 0 Å². The number of likely N-dealkylation sites (tertiary alicyclic amines) is 1. The van der Waals surface area contributed by atoms with Gasteiger partial charge < -0.3 is 10.4 Å². The standard InChI is InChI=1S/C19H24N4O2/c1-14-4-2-3-9-23(14)13-16-7-5-15(6-8-16)10-21-18-12-20-17(11-22-18)19(24)25/h5-8,11-12,14H,2-4,9-10,13H2,1H3,(H,21,22)(H,24,25). The number of piperidine rings is 1. The second-order valence-electron chi connectivity index (χ2n) is 6.58. The molecule has 1 saturated heterocycles. The molecule has 6 nitrogen and oxygen atoms in total. The number of aromatic carboxylic acids is 1. The van der Waals surface area contributed by atoms with Gasteiger partial charge in [-0.3, -0.25) is 4.90 Å². The minimum absolute atomic E-state index is 0.0538. The van der Waals surface area contributed by atoms with Gasteiger partial charge in [0.2, 0.25) is 0 Å². The van der Waals surface area contributed by atoms with Crippen LogP contribution in [0.15, 0.2) is 36.7 Å². The lowest BCUT2D eigenvalue weighted by Crippen LogP contribution is -2.36. The average Bonchev–Trinajstić information content (AvgIpc) is 2.63. The SMILES string of the molecule is CC1CCCCN1Cc1ccc(CNc2cnc(C(=O)O)cn2)cc1. The molecule has 0 radical (unpaired) electrons. The summed E-state index contributed by atoms with van der Waals surface area (Å²) in [5, 5.41) is 12.0. The number of rotatable bonds is 6. The molecule has 1 aliphatic heterocycles. The second-order valence-corrected chi connectivity index (χ2v) is 6.58. The van der Waals surface area contributed by atoms with E-state index in [2.05, 4.69) is 51.4 Å². The van der Waals surface area contributed by atoms with Gasteiger partial charge in [0, 0.05) is 19.1 Å². The highest BCUT2D eigenvalue weighted by Gasteiger charge is 2.17. The van der Waals surface area contributed by atoms with Crippen LogP contribution in [-0.4, -0.2) is 38.5 Å². The Kier molecular flexibility index (Phi) is 5.60. The highest BCUT2D eigenvalue weighted by Crippen LogP contribution is 2.19. The summed E-state index contributed by atoms with van der Waals surface area (Å²) in [6.45, 7) is 5.14. The van der Waals surface area contributed by atoms with Crippen LogP contribution in [0.3, 0.4) is 0 Å². The Bertz CT molecular complexity index is 700. The number of carboxylic acids is 1. The van der Waals surface area contributed by atoms with Crippen LogP contribution >= 0.6 is 0 Å². The molecule has 1 aliphatic rings. The third-order valence-electron chi connectivity index (χ3n) is 4.69. The molecule has 1 fully saturated rings. The van der Waals surface area contributed by atoms with Gasteiger partial charge in [-0.25, -0.2) is 14.8 Å². The Morgan fingerprint density at radius 3 is 2.60 bits per heavy atom. The number of hydrogen-bond acceptors (Lipinski definition) is 5. The molecule has 0 amide bonds. The minimum Gasteiger partial charge on any atom is -0.476 e. The first-order valence-electron chi connectivity index (χ1n) is 8.73. The van der Waals surface area contributed by atoms with Gasteiger partial charge in [0.25, 0.3) is 0 Å². The molecule has 1 aromatic heterocycles. The number of carboxylic acid groups (broad SMARTS) is 1. The maximum atomic E-state index is 10.8. The number of nitrogens with one attached hydrogen (secondary N) is 1. The fourth-order valence-electron chi connectivity index (χ4n) is 3.11. The van der Waals surface area contributed by atoms with Crippen LogP contribution < -0.4 is 5.32 Å². The van der Waals surface area contributed by atoms with E-state index in [0.29, 0.717) is 18.4 Å². The molecular weight excluding hydrogens is 316 g/mol. The Morgan fingerprint density at radius 2 is 1.96 bits per heavy atom. The highest BCUT2D eigenvalue weighted by atomic mass is 16.4. The number of benzene rings is 1. The molecule has 1 atom stereocenters. The molecule has 2 aromatic rings. The topological polar surface area (TPSA) is 78.4 Å². The average molecular weight is 340 g/mol. The summed E-state index contributed by atoms with van der Waals surface area (Å²) >= 11 is 0. The van der Waals surface area contributed by atoms with E-state index in [9.17, 15) is 4.79 Å². The van der Waals surface area contributed by atoms with Crippen LogP contribution in [0.5, 0.6) is 0 Å². The van der Waals surface area contributed by atoms with Gasteiger partial charge in [-0.1, -0.05) is 30.7 Å². The number of carbonyl (C=O) groups is 1. The van der Waals surface area contributed by atoms with E-state index in [-0.39, 0.29) is 5.69 Å². The second kappa shape index (κ2) is 8.07. The molecule has 2 N–H and O–H groups in total. The summed E-state index contributed by atoms with van der Waals surface area (Å²) in [5.41, 5.74) is 2.43. The van der Waals surface area contributed by atoms with Gasteiger partial charge in [-0.05, 0) is 37.4 Å². The fraction of sp³-hybridized carbons (Fsp3) is 0.421. The molecule has 3 rings (SSSR count). The summed E-state index contributed by atoms with van der Waals surface area (Å²) in [4.78, 5) is 21.2. The van der Waals surface area contributed by atoms with E-state index in [1.807, 2.05) is 0 Å². The van der Waals surface area contributed by atoms with Crippen molar-refractivity contribution in [1.29, 1.82) is 0 Å². The van der Waals surface area contributed by atoms with Crippen molar-refractivity contribution in [1.82, 2.24) is 14.9 Å². The molecule has 132 valence electrons. The predicted molar refractivity (Wildman–Crippen MR) is 96.5 cm³/mol. The van der Waals surface area contributed by atoms with Gasteiger partial charge in [0.15, 0.2) is 5.69 Å². The first kappa shape index (κ1) is 17.4. The number of aromatic nitrogens is 2. The van der Waals surface area contributed by atoms with Gasteiger partial charge in [-0.2, -0.15) is 0 Å². The third kappa shape index (κ3) is 4.76. The molecule has 0 saturated carbocycles. The quantitative estimate of drug-likeness (QED) is 0.841. The smallest absolute Gasteiger partial charge is 0.356 e. The molecule has 2 heterocycles. The van der Waals surface area contributed by atoms with Crippen LogP contribution in [-0.2, 0) is 13.1 Å². The molecule has 25 heavy (non-hydrogen) atoms. The maximum Gasteiger partial charge on any atom is 0.356 e. The normalized spacial score (nSPS) is 18.0. The lowest BCUT2D eigenvalue weighted by Gasteiger charge is -2.33. The summed E-state index contributed by atoms with van der Waals surface area (Å²) in [5.74, 6) is -0.506. The van der Waals surface area contributed by atoms with Crippen molar-refractivity contribution in [3.8, 4) is 0 Å². The van der Waals surface area contributed by atoms with E-state index in [0.717, 1.165) is 12.1 Å². The van der Waals surface area contributed by atoms with Crippen molar-refractivity contribution >= 4 is 11.8 Å². The van der Waals surface area contributed by atoms with Crippen LogP contribution in [0.4, 0.5) is 5.82 Å². The highest BCUT2D eigenvalue weighted by molar-refractivity contribution is 5.84. The molecule has 1 unspecified atom stereocenters. The largest absolute Gasteiger partial charge is 0.476 e. The van der Waals surface area contributed by atoms with Crippen molar-refractivity contribution in [2.45, 2.75) is 45.3 Å². The maximum absolute atomic E-state index is 10.8. The van der Waals surface area contributed by atoms with Crippen LogP contribution in [0.25, 0.3) is 0 Å². The van der Waals surface area contributed by atoms with E-state index in [4.69, 9.17) is 5.11 Å². The summed E-state index contributed by atoms with van der Waals surface area (Å²) in [7, 11) is 0. The monoisotopic (exact) mass is 340 g/mol. The Hall–Kier alpha value is -2.47. The molecular formula is C19H24N4O2. The number of nitrogens with zero attached hydrogens (tertiary/aromatic N) is 3. The minimum atomic E-state index is -1.07. The van der Waals surface area contributed by atoms with Crippen LogP contribution in [0, 0.1) is 0 Å². The van der Waals surface area contributed by atoms with Crippen LogP contribution in [0.1, 0.15) is 47.8 Å². The van der Waals surface area contributed by atoms with Crippen molar-refractivity contribution in [2.24, 2.45) is 0 Å². The van der Waals surface area contributed by atoms with E-state index < -0.39 is 5.97 Å².